The lowest BCUT2D eigenvalue weighted by Gasteiger charge is -2.33. The van der Waals surface area contributed by atoms with E-state index in [1.54, 1.807) is 42.0 Å². The van der Waals surface area contributed by atoms with Gasteiger partial charge in [-0.3, -0.25) is 9.59 Å². The van der Waals surface area contributed by atoms with Gasteiger partial charge in [-0.1, -0.05) is 48.5 Å². The molecule has 0 unspecified atom stereocenters. The van der Waals surface area contributed by atoms with Crippen molar-refractivity contribution < 1.29 is 14.3 Å². The number of hydrogen-bond donors (Lipinski definition) is 0. The zero-order valence-corrected chi connectivity index (χ0v) is 18.9. The maximum atomic E-state index is 14.1. The first-order chi connectivity index (χ1) is 15.6. The molecule has 0 radical (unpaired) electrons. The monoisotopic (exact) mass is 444 g/mol. The van der Waals surface area contributed by atoms with E-state index in [1.807, 2.05) is 47.4 Å². The number of benzene rings is 3. The Morgan fingerprint density at radius 1 is 1.06 bits per heavy atom. The van der Waals surface area contributed by atoms with Gasteiger partial charge in [-0.25, -0.2) is 0 Å². The standard InChI is InChI=1S/C26H24N2O3S/c1-18-8-3-4-9-20(18)17-27-23-13-6-5-12-22(23)26(25(27)30)28(14-15-32-26)24(29)19-10-7-11-21(16-19)31-2/h3-13,16H,14-15,17H2,1-2H3/t26-/m0/s1. The lowest BCUT2D eigenvalue weighted by atomic mass is 10.0. The first-order valence-electron chi connectivity index (χ1n) is 10.6. The molecule has 2 amide bonds. The second-order valence-electron chi connectivity index (χ2n) is 8.02. The topological polar surface area (TPSA) is 49.9 Å². The molecule has 5 rings (SSSR count). The number of rotatable bonds is 4. The summed E-state index contributed by atoms with van der Waals surface area (Å²) in [6.45, 7) is 3.05. The summed E-state index contributed by atoms with van der Waals surface area (Å²) in [5.41, 5.74) is 4.52. The summed E-state index contributed by atoms with van der Waals surface area (Å²) in [7, 11) is 1.58. The number of nitrogens with zero attached hydrogens (tertiary/aromatic N) is 2. The van der Waals surface area contributed by atoms with Gasteiger partial charge in [0, 0.05) is 23.4 Å². The Morgan fingerprint density at radius 3 is 2.66 bits per heavy atom. The highest BCUT2D eigenvalue weighted by molar-refractivity contribution is 8.01. The SMILES string of the molecule is COc1cccc(C(=O)N2CCS[C@@]23C(=O)N(Cc2ccccc2C)c2ccccc23)c1. The van der Waals surface area contributed by atoms with E-state index in [2.05, 4.69) is 19.1 Å². The van der Waals surface area contributed by atoms with Crippen LogP contribution in [-0.2, 0) is 16.2 Å². The van der Waals surface area contributed by atoms with Crippen molar-refractivity contribution in [1.82, 2.24) is 4.90 Å². The van der Waals surface area contributed by atoms with Crippen molar-refractivity contribution in [2.24, 2.45) is 0 Å². The Kier molecular flexibility index (Phi) is 5.18. The van der Waals surface area contributed by atoms with Crippen molar-refractivity contribution in [2.75, 3.05) is 24.3 Å². The van der Waals surface area contributed by atoms with Crippen LogP contribution in [0.15, 0.2) is 72.8 Å². The molecule has 1 saturated heterocycles. The summed E-state index contributed by atoms with van der Waals surface area (Å²) in [5, 5.41) is 0. The molecule has 2 aliphatic rings. The molecule has 1 spiro atoms. The number of carbonyl (C=O) groups excluding carboxylic acids is 2. The molecule has 6 heteroatoms. The molecule has 3 aromatic carbocycles. The molecule has 2 heterocycles. The number of anilines is 1. The Bertz CT molecular complexity index is 1210. The van der Waals surface area contributed by atoms with Gasteiger partial charge in [0.15, 0.2) is 4.87 Å². The Morgan fingerprint density at radius 2 is 1.84 bits per heavy atom. The van der Waals surface area contributed by atoms with Crippen molar-refractivity contribution in [3.63, 3.8) is 0 Å². The molecular weight excluding hydrogens is 420 g/mol. The van der Waals surface area contributed by atoms with E-state index < -0.39 is 4.87 Å². The Hall–Kier alpha value is -3.25. The molecule has 0 aliphatic carbocycles. The number of ether oxygens (including phenoxy) is 1. The fourth-order valence-electron chi connectivity index (χ4n) is 4.59. The van der Waals surface area contributed by atoms with Crippen LogP contribution in [0.1, 0.15) is 27.0 Å². The van der Waals surface area contributed by atoms with Crippen LogP contribution in [0.4, 0.5) is 5.69 Å². The predicted molar refractivity (Wildman–Crippen MR) is 127 cm³/mol. The van der Waals surface area contributed by atoms with Crippen LogP contribution in [0.25, 0.3) is 0 Å². The van der Waals surface area contributed by atoms with Gasteiger partial charge >= 0.3 is 0 Å². The Balaban J connectivity index is 1.57. The van der Waals surface area contributed by atoms with E-state index in [0.717, 1.165) is 22.4 Å². The summed E-state index contributed by atoms with van der Waals surface area (Å²) in [6, 6.07) is 23.1. The number of hydrogen-bond acceptors (Lipinski definition) is 4. The summed E-state index contributed by atoms with van der Waals surface area (Å²) in [5.74, 6) is 1.11. The lowest BCUT2D eigenvalue weighted by molar-refractivity contribution is -0.123. The van der Waals surface area contributed by atoms with Gasteiger partial charge < -0.3 is 14.5 Å². The number of amides is 2. The maximum Gasteiger partial charge on any atom is 0.268 e. The van der Waals surface area contributed by atoms with Crippen LogP contribution in [0.2, 0.25) is 0 Å². The number of methoxy groups -OCH3 is 1. The van der Waals surface area contributed by atoms with Crippen molar-refractivity contribution in [3.05, 3.63) is 95.1 Å². The molecule has 3 aromatic rings. The molecule has 32 heavy (non-hydrogen) atoms. The molecule has 2 aliphatic heterocycles. The summed E-state index contributed by atoms with van der Waals surface area (Å²) >= 11 is 1.55. The van der Waals surface area contributed by atoms with Crippen LogP contribution in [-0.4, -0.2) is 36.1 Å². The number of thioether (sulfide) groups is 1. The highest BCUT2D eigenvalue weighted by Gasteiger charge is 2.59. The molecule has 0 bridgehead atoms. The molecular formula is C26H24N2O3S. The van der Waals surface area contributed by atoms with Crippen LogP contribution >= 0.6 is 11.8 Å². The fraction of sp³-hybridized carbons (Fsp3) is 0.231. The van der Waals surface area contributed by atoms with E-state index in [0.29, 0.717) is 30.2 Å². The smallest absolute Gasteiger partial charge is 0.268 e. The van der Waals surface area contributed by atoms with Crippen molar-refractivity contribution in [1.29, 1.82) is 0 Å². The van der Waals surface area contributed by atoms with E-state index in [9.17, 15) is 9.59 Å². The van der Waals surface area contributed by atoms with Crippen molar-refractivity contribution in [2.45, 2.75) is 18.3 Å². The summed E-state index contributed by atoms with van der Waals surface area (Å²) in [4.78, 5) is 30.2. The van der Waals surface area contributed by atoms with E-state index in [1.165, 1.54) is 0 Å². The van der Waals surface area contributed by atoms with Crippen molar-refractivity contribution in [3.8, 4) is 5.75 Å². The van der Waals surface area contributed by atoms with E-state index in [-0.39, 0.29) is 11.8 Å². The van der Waals surface area contributed by atoms with Gasteiger partial charge in [0.25, 0.3) is 11.8 Å². The number of aryl methyl sites for hydroxylation is 1. The first-order valence-corrected chi connectivity index (χ1v) is 11.6. The lowest BCUT2D eigenvalue weighted by Crippen LogP contribution is -2.50. The summed E-state index contributed by atoms with van der Waals surface area (Å²) in [6.07, 6.45) is 0. The van der Waals surface area contributed by atoms with E-state index in [4.69, 9.17) is 4.74 Å². The minimum absolute atomic E-state index is 0.0549. The maximum absolute atomic E-state index is 14.1. The number of para-hydroxylation sites is 1. The van der Waals surface area contributed by atoms with Gasteiger partial charge in [0.05, 0.1) is 19.3 Å². The van der Waals surface area contributed by atoms with Crippen molar-refractivity contribution >= 4 is 29.3 Å². The number of fused-ring (bicyclic) bond motifs is 2. The van der Waals surface area contributed by atoms with Crippen LogP contribution in [0.5, 0.6) is 5.75 Å². The number of carbonyl (C=O) groups is 2. The van der Waals surface area contributed by atoms with Gasteiger partial charge in [-0.2, -0.15) is 0 Å². The van der Waals surface area contributed by atoms with Gasteiger partial charge in [-0.05, 0) is 42.3 Å². The van der Waals surface area contributed by atoms with Crippen LogP contribution in [0, 0.1) is 6.92 Å². The molecule has 1 fully saturated rings. The molecule has 0 aromatic heterocycles. The highest BCUT2D eigenvalue weighted by Crippen LogP contribution is 2.54. The second-order valence-corrected chi connectivity index (χ2v) is 9.30. The minimum atomic E-state index is -1.04. The second kappa shape index (κ2) is 8.02. The molecule has 162 valence electrons. The normalized spacial score (nSPS) is 19.5. The van der Waals surface area contributed by atoms with Crippen LogP contribution in [0.3, 0.4) is 0 Å². The molecule has 1 atom stereocenters. The molecule has 0 saturated carbocycles. The van der Waals surface area contributed by atoms with Gasteiger partial charge in [0.2, 0.25) is 0 Å². The molecule has 0 N–H and O–H groups in total. The zero-order valence-electron chi connectivity index (χ0n) is 18.1. The third-order valence-electron chi connectivity index (χ3n) is 6.25. The van der Waals surface area contributed by atoms with Gasteiger partial charge in [-0.15, -0.1) is 11.8 Å². The quantitative estimate of drug-likeness (QED) is 0.591. The van der Waals surface area contributed by atoms with Crippen LogP contribution < -0.4 is 9.64 Å². The van der Waals surface area contributed by atoms with E-state index >= 15 is 0 Å². The third-order valence-corrected chi connectivity index (χ3v) is 7.67. The predicted octanol–water partition coefficient (Wildman–Crippen LogP) is 4.59. The average Bonchev–Trinajstić information content (AvgIpc) is 3.37. The first kappa shape index (κ1) is 20.6. The largest absolute Gasteiger partial charge is 0.497 e. The highest BCUT2D eigenvalue weighted by atomic mass is 32.2. The zero-order chi connectivity index (χ0) is 22.3. The average molecular weight is 445 g/mol. The fourth-order valence-corrected chi connectivity index (χ4v) is 6.06. The van der Waals surface area contributed by atoms with Gasteiger partial charge in [0.1, 0.15) is 5.75 Å². The Labute approximate surface area is 192 Å². The molecule has 5 nitrogen and oxygen atoms in total. The minimum Gasteiger partial charge on any atom is -0.497 e. The summed E-state index contributed by atoms with van der Waals surface area (Å²) < 4.78 is 5.31. The third kappa shape index (κ3) is 3.09.